The minimum atomic E-state index is -0.868. The Hall–Kier alpha value is -4.39. The third kappa shape index (κ3) is 5.04. The Labute approximate surface area is 223 Å². The fourth-order valence-electron chi connectivity index (χ4n) is 4.75. The standard InChI is InChI=1S/C27H26N6O6/c1-27(2)38-20-18(13-36-25(34)16-9-5-3-6-10-16)37-24(21(20)39-27)33-15-30-19-22(28-14-29-23(19)33)32-26(35)31-17-11-7-4-8-12-17/h3-12,14-15,18,20-21,24H,13H2,1-2H3,(H2,28,29,31,32,35)/t18-,20-,21-,24-/m1/s1. The lowest BCUT2D eigenvalue weighted by molar-refractivity contribution is -0.199. The summed E-state index contributed by atoms with van der Waals surface area (Å²) in [4.78, 5) is 38.1. The van der Waals surface area contributed by atoms with Crippen molar-refractivity contribution in [3.8, 4) is 0 Å². The Morgan fingerprint density at radius 1 is 0.949 bits per heavy atom. The van der Waals surface area contributed by atoms with Gasteiger partial charge in [-0.05, 0) is 38.1 Å². The van der Waals surface area contributed by atoms with Gasteiger partial charge in [0.25, 0.3) is 0 Å². The van der Waals surface area contributed by atoms with E-state index in [4.69, 9.17) is 18.9 Å². The van der Waals surface area contributed by atoms with Crippen LogP contribution < -0.4 is 10.6 Å². The molecule has 12 nitrogen and oxygen atoms in total. The van der Waals surface area contributed by atoms with Crippen molar-refractivity contribution < 1.29 is 28.5 Å². The summed E-state index contributed by atoms with van der Waals surface area (Å²) >= 11 is 0. The van der Waals surface area contributed by atoms with Gasteiger partial charge in [-0.1, -0.05) is 36.4 Å². The maximum atomic E-state index is 12.6. The van der Waals surface area contributed by atoms with Crippen LogP contribution in [0.5, 0.6) is 0 Å². The number of anilines is 2. The largest absolute Gasteiger partial charge is 0.459 e. The van der Waals surface area contributed by atoms with Crippen LogP contribution in [0.15, 0.2) is 73.3 Å². The van der Waals surface area contributed by atoms with Crippen molar-refractivity contribution in [1.82, 2.24) is 19.5 Å². The van der Waals surface area contributed by atoms with E-state index in [9.17, 15) is 9.59 Å². The summed E-state index contributed by atoms with van der Waals surface area (Å²) in [5, 5.41) is 5.47. The first-order valence-electron chi connectivity index (χ1n) is 12.4. The van der Waals surface area contributed by atoms with Crippen LogP contribution in [-0.4, -0.2) is 62.2 Å². The van der Waals surface area contributed by atoms with Crippen LogP contribution >= 0.6 is 0 Å². The Bertz CT molecular complexity index is 1490. The molecule has 2 aromatic carbocycles. The number of carbonyl (C=O) groups is 2. The molecule has 0 radical (unpaired) electrons. The first kappa shape index (κ1) is 24.9. The van der Waals surface area contributed by atoms with Gasteiger partial charge in [0, 0.05) is 5.69 Å². The molecular weight excluding hydrogens is 504 g/mol. The van der Waals surface area contributed by atoms with E-state index in [-0.39, 0.29) is 12.4 Å². The number of esters is 1. The predicted molar refractivity (Wildman–Crippen MR) is 139 cm³/mol. The van der Waals surface area contributed by atoms with E-state index in [0.29, 0.717) is 22.4 Å². The SMILES string of the molecule is CC1(C)O[C@@H]2[C@H](O1)[C@@H](COC(=O)c1ccccc1)O[C@H]2n1cnc2c(NC(=O)Nc3ccccc3)ncnc21. The zero-order valence-electron chi connectivity index (χ0n) is 21.2. The molecule has 2 fully saturated rings. The fourth-order valence-corrected chi connectivity index (χ4v) is 4.75. The molecule has 4 heterocycles. The molecule has 0 saturated carbocycles. The smallest absolute Gasteiger partial charge is 0.338 e. The highest BCUT2D eigenvalue weighted by atomic mass is 16.8. The van der Waals surface area contributed by atoms with Gasteiger partial charge in [0.2, 0.25) is 0 Å². The second kappa shape index (κ2) is 10.1. The van der Waals surface area contributed by atoms with E-state index in [1.54, 1.807) is 47.3 Å². The monoisotopic (exact) mass is 530 g/mol. The molecule has 4 atom stereocenters. The van der Waals surface area contributed by atoms with Crippen LogP contribution in [-0.2, 0) is 18.9 Å². The van der Waals surface area contributed by atoms with Gasteiger partial charge in [0.15, 0.2) is 29.0 Å². The second-order valence-corrected chi connectivity index (χ2v) is 9.59. The number of carbonyl (C=O) groups excluding carboxylic acids is 2. The molecule has 2 saturated heterocycles. The first-order valence-corrected chi connectivity index (χ1v) is 12.4. The van der Waals surface area contributed by atoms with Gasteiger partial charge in [-0.25, -0.2) is 24.5 Å². The molecule has 2 amide bonds. The zero-order valence-corrected chi connectivity index (χ0v) is 21.2. The molecular formula is C27H26N6O6. The minimum absolute atomic E-state index is 0.0289. The molecule has 200 valence electrons. The molecule has 2 N–H and O–H groups in total. The molecule has 4 aromatic rings. The molecule has 0 unspecified atom stereocenters. The Morgan fingerprint density at radius 2 is 1.67 bits per heavy atom. The van der Waals surface area contributed by atoms with E-state index in [0.717, 1.165) is 0 Å². The normalized spacial score (nSPS) is 23.3. The lowest BCUT2D eigenvalue weighted by atomic mass is 10.1. The van der Waals surface area contributed by atoms with Crippen molar-refractivity contribution in [3.05, 3.63) is 78.9 Å². The van der Waals surface area contributed by atoms with Gasteiger partial charge >= 0.3 is 12.0 Å². The van der Waals surface area contributed by atoms with Gasteiger partial charge < -0.3 is 24.3 Å². The Kier molecular flexibility index (Phi) is 6.43. The Balaban J connectivity index is 1.22. The van der Waals surface area contributed by atoms with Crippen LogP contribution in [0, 0.1) is 0 Å². The number of amides is 2. The Morgan fingerprint density at radius 3 is 2.44 bits per heavy atom. The molecule has 39 heavy (non-hydrogen) atoms. The molecule has 2 aliphatic rings. The molecule has 0 bridgehead atoms. The van der Waals surface area contributed by atoms with E-state index < -0.39 is 42.3 Å². The molecule has 2 aromatic heterocycles. The van der Waals surface area contributed by atoms with Crippen LogP contribution in [0.3, 0.4) is 0 Å². The zero-order chi connectivity index (χ0) is 27.0. The van der Waals surface area contributed by atoms with Crippen molar-refractivity contribution in [2.45, 2.75) is 44.2 Å². The van der Waals surface area contributed by atoms with Crippen molar-refractivity contribution in [2.24, 2.45) is 0 Å². The predicted octanol–water partition coefficient (Wildman–Crippen LogP) is 3.74. The minimum Gasteiger partial charge on any atom is -0.459 e. The summed E-state index contributed by atoms with van der Waals surface area (Å²) in [6, 6.07) is 17.3. The van der Waals surface area contributed by atoms with E-state index in [1.165, 1.54) is 6.33 Å². The number of benzene rings is 2. The number of hydrogen-bond acceptors (Lipinski definition) is 9. The van der Waals surface area contributed by atoms with Gasteiger partial charge in [0.05, 0.1) is 11.9 Å². The average Bonchev–Trinajstić information content (AvgIpc) is 3.59. The van der Waals surface area contributed by atoms with E-state index in [2.05, 4.69) is 25.6 Å². The number of para-hydroxylation sites is 1. The summed E-state index contributed by atoms with van der Waals surface area (Å²) in [6.45, 7) is 3.60. The average molecular weight is 531 g/mol. The van der Waals surface area contributed by atoms with Crippen molar-refractivity contribution in [1.29, 1.82) is 0 Å². The number of ether oxygens (including phenoxy) is 4. The number of nitrogens with zero attached hydrogens (tertiary/aromatic N) is 4. The van der Waals surface area contributed by atoms with E-state index in [1.807, 2.05) is 38.1 Å². The topological polar surface area (TPSA) is 139 Å². The fraction of sp³-hybridized carbons (Fsp3) is 0.296. The highest BCUT2D eigenvalue weighted by Gasteiger charge is 2.56. The summed E-state index contributed by atoms with van der Waals surface area (Å²) in [5.41, 5.74) is 1.88. The van der Waals surface area contributed by atoms with Gasteiger partial charge in [-0.15, -0.1) is 0 Å². The number of fused-ring (bicyclic) bond motifs is 2. The summed E-state index contributed by atoms with van der Waals surface area (Å²) in [7, 11) is 0. The third-order valence-corrected chi connectivity index (χ3v) is 6.41. The summed E-state index contributed by atoms with van der Waals surface area (Å²) in [5.74, 6) is -1.09. The number of aromatic nitrogens is 4. The molecule has 6 rings (SSSR count). The third-order valence-electron chi connectivity index (χ3n) is 6.41. The van der Waals surface area contributed by atoms with Crippen LogP contribution in [0.1, 0.15) is 30.4 Å². The van der Waals surface area contributed by atoms with E-state index >= 15 is 0 Å². The quantitative estimate of drug-likeness (QED) is 0.357. The van der Waals surface area contributed by atoms with Crippen LogP contribution in [0.2, 0.25) is 0 Å². The lowest BCUT2D eigenvalue weighted by Gasteiger charge is -2.24. The van der Waals surface area contributed by atoms with Crippen molar-refractivity contribution in [3.63, 3.8) is 0 Å². The number of hydrogen-bond donors (Lipinski definition) is 2. The maximum Gasteiger partial charge on any atom is 0.338 e. The summed E-state index contributed by atoms with van der Waals surface area (Å²) < 4.78 is 25.9. The summed E-state index contributed by atoms with van der Waals surface area (Å²) in [6.07, 6.45) is 0.591. The van der Waals surface area contributed by atoms with Gasteiger partial charge in [0.1, 0.15) is 31.2 Å². The van der Waals surface area contributed by atoms with Gasteiger partial charge in [-0.2, -0.15) is 0 Å². The van der Waals surface area contributed by atoms with Crippen molar-refractivity contribution >= 4 is 34.7 Å². The number of rotatable bonds is 6. The molecule has 0 aliphatic carbocycles. The highest BCUT2D eigenvalue weighted by Crippen LogP contribution is 2.44. The second-order valence-electron chi connectivity index (χ2n) is 9.59. The number of urea groups is 1. The first-order chi connectivity index (χ1) is 18.9. The van der Waals surface area contributed by atoms with Crippen molar-refractivity contribution in [2.75, 3.05) is 17.2 Å². The number of imidazole rings is 1. The van der Waals surface area contributed by atoms with Gasteiger partial charge in [-0.3, -0.25) is 9.88 Å². The maximum absolute atomic E-state index is 12.6. The molecule has 12 heteroatoms. The highest BCUT2D eigenvalue weighted by molar-refractivity contribution is 6.02. The molecule has 2 aliphatic heterocycles. The number of nitrogens with one attached hydrogen (secondary N) is 2. The molecule has 0 spiro atoms. The van der Waals surface area contributed by atoms with Crippen LogP contribution in [0.4, 0.5) is 16.3 Å². The lowest BCUT2D eigenvalue weighted by Crippen LogP contribution is -2.33. The van der Waals surface area contributed by atoms with Crippen LogP contribution in [0.25, 0.3) is 11.2 Å².